The van der Waals surface area contributed by atoms with Crippen molar-refractivity contribution in [3.8, 4) is 56.4 Å². The van der Waals surface area contributed by atoms with Gasteiger partial charge in [-0.1, -0.05) is 78.9 Å². The molecule has 0 atom stereocenters. The molecule has 284 valence electrons. The summed E-state index contributed by atoms with van der Waals surface area (Å²) < 4.78 is 21.1. The summed E-state index contributed by atoms with van der Waals surface area (Å²) in [5.74, 6) is 1.31. The molecule has 0 aliphatic carbocycles. The summed E-state index contributed by atoms with van der Waals surface area (Å²) in [6.07, 6.45) is 2.47. The highest BCUT2D eigenvalue weighted by molar-refractivity contribution is 5.89. The van der Waals surface area contributed by atoms with Gasteiger partial charge in [-0.25, -0.2) is 4.79 Å². The highest BCUT2D eigenvalue weighted by Gasteiger charge is 2.16. The molecule has 0 radical (unpaired) electrons. The predicted octanol–water partition coefficient (Wildman–Crippen LogP) is 11.4. The van der Waals surface area contributed by atoms with Gasteiger partial charge < -0.3 is 18.9 Å². The first-order valence-electron chi connectivity index (χ1n) is 16.6. The lowest BCUT2D eigenvalue weighted by molar-refractivity contribution is -0.130. The van der Waals surface area contributed by atoms with Crippen LogP contribution in [0.2, 0.25) is 0 Å². The highest BCUT2D eigenvalue weighted by Crippen LogP contribution is 2.41. The van der Waals surface area contributed by atoms with Gasteiger partial charge in [0, 0.05) is 16.7 Å². The van der Waals surface area contributed by atoms with Crippen LogP contribution in [0.4, 0.5) is 0 Å². The van der Waals surface area contributed by atoms with Crippen LogP contribution in [0, 0.1) is 0 Å². The summed E-state index contributed by atoms with van der Waals surface area (Å²) in [7, 11) is 1.56. The Morgan fingerprint density at radius 3 is 1.28 bits per heavy atom. The number of benzene rings is 4. The fourth-order valence-electron chi connectivity index (χ4n) is 3.85. The Hall–Kier alpha value is -6.54. The van der Waals surface area contributed by atoms with E-state index in [4.69, 9.17) is 18.9 Å². The molecule has 4 aromatic carbocycles. The summed E-state index contributed by atoms with van der Waals surface area (Å²) >= 11 is 0. The lowest BCUT2D eigenvalue weighted by atomic mass is 9.96. The Bertz CT molecular complexity index is 1840. The molecule has 8 heteroatoms. The van der Waals surface area contributed by atoms with Gasteiger partial charge in [-0.2, -0.15) is 0 Å². The zero-order chi connectivity index (χ0) is 41.2. The van der Waals surface area contributed by atoms with E-state index >= 15 is 0 Å². The van der Waals surface area contributed by atoms with E-state index in [0.717, 1.165) is 28.5 Å². The molecule has 0 aliphatic heterocycles. The van der Waals surface area contributed by atoms with Gasteiger partial charge in [-0.15, -0.1) is 19.7 Å². The third-order valence-electron chi connectivity index (χ3n) is 5.97. The zero-order valence-electron chi connectivity index (χ0n) is 32.7. The minimum atomic E-state index is -0.471. The minimum absolute atomic E-state index is 0.328. The van der Waals surface area contributed by atoms with Gasteiger partial charge in [-0.05, 0) is 113 Å². The number of esters is 1. The number of carbonyl (C=O) groups is 4. The summed E-state index contributed by atoms with van der Waals surface area (Å²) in [6, 6.07) is 25.3. The minimum Gasteiger partial charge on any atom is -0.496 e. The first-order valence-corrected chi connectivity index (χ1v) is 16.6. The SMILES string of the molecule is C=C(C)C.C=C(C)C.C=C(C)C(=O)Oc1ccc(-c2ccc(-c3cc(OC)c(-c4ccc(OC=O)cc4)cc3OC=O)cc2)cc1.C=C(C)C=O.C=CC. The van der Waals surface area contributed by atoms with Crippen molar-refractivity contribution in [3.63, 3.8) is 0 Å². The Balaban J connectivity index is 0.00000149. The van der Waals surface area contributed by atoms with Crippen LogP contribution in [0.15, 0.2) is 146 Å². The lowest BCUT2D eigenvalue weighted by Crippen LogP contribution is -2.07. The molecule has 0 saturated heterocycles. The highest BCUT2D eigenvalue weighted by atomic mass is 16.5. The van der Waals surface area contributed by atoms with Crippen molar-refractivity contribution in [1.29, 1.82) is 0 Å². The Morgan fingerprint density at radius 2 is 0.907 bits per heavy atom. The molecule has 0 spiro atoms. The van der Waals surface area contributed by atoms with Crippen molar-refractivity contribution in [2.75, 3.05) is 7.11 Å². The molecule has 54 heavy (non-hydrogen) atoms. The molecule has 0 saturated carbocycles. The average Bonchev–Trinajstić information content (AvgIpc) is 3.12. The summed E-state index contributed by atoms with van der Waals surface area (Å²) in [6.45, 7) is 31.1. The van der Waals surface area contributed by atoms with Crippen molar-refractivity contribution in [2.24, 2.45) is 0 Å². The Labute approximate surface area is 320 Å². The van der Waals surface area contributed by atoms with Crippen molar-refractivity contribution in [3.05, 3.63) is 146 Å². The quantitative estimate of drug-likeness (QED) is 0.0493. The molecule has 0 amide bonds. The summed E-state index contributed by atoms with van der Waals surface area (Å²) in [4.78, 5) is 43.0. The van der Waals surface area contributed by atoms with Crippen LogP contribution in [0.5, 0.6) is 23.0 Å². The molecule has 4 aromatic rings. The third-order valence-corrected chi connectivity index (χ3v) is 5.97. The molecule has 4 rings (SSSR count). The van der Waals surface area contributed by atoms with Crippen LogP contribution in [0.25, 0.3) is 33.4 Å². The van der Waals surface area contributed by atoms with Gasteiger partial charge in [0.15, 0.2) is 0 Å². The largest absolute Gasteiger partial charge is 0.496 e. The second-order valence-electron chi connectivity index (χ2n) is 12.1. The van der Waals surface area contributed by atoms with Crippen LogP contribution >= 0.6 is 0 Å². The van der Waals surface area contributed by atoms with E-state index in [0.29, 0.717) is 58.2 Å². The third kappa shape index (κ3) is 18.6. The summed E-state index contributed by atoms with van der Waals surface area (Å²) in [5, 5.41) is 0. The van der Waals surface area contributed by atoms with Crippen molar-refractivity contribution in [2.45, 2.75) is 48.5 Å². The number of carbonyl (C=O) groups excluding carboxylic acids is 4. The number of hydrogen-bond acceptors (Lipinski definition) is 8. The number of methoxy groups -OCH3 is 1. The number of rotatable bonds is 11. The van der Waals surface area contributed by atoms with E-state index in [-0.39, 0.29) is 0 Å². The van der Waals surface area contributed by atoms with Gasteiger partial charge in [0.2, 0.25) is 0 Å². The molecule has 0 aliphatic rings. The zero-order valence-corrected chi connectivity index (χ0v) is 32.7. The first-order chi connectivity index (χ1) is 25.6. The van der Waals surface area contributed by atoms with Crippen LogP contribution in [-0.4, -0.2) is 32.3 Å². The fourth-order valence-corrected chi connectivity index (χ4v) is 3.85. The normalized spacial score (nSPS) is 9.04. The van der Waals surface area contributed by atoms with Gasteiger partial charge >= 0.3 is 5.97 Å². The van der Waals surface area contributed by atoms with E-state index in [1.807, 2.05) is 77.1 Å². The Morgan fingerprint density at radius 1 is 0.574 bits per heavy atom. The predicted molar refractivity (Wildman–Crippen MR) is 221 cm³/mol. The standard InChI is InChI=1S/C31H24O7.C4H6O.2C4H8.C3H6/c1-20(2)31(34)38-26-14-8-22(9-15-26)21-4-6-23(7-5-21)28-16-29(35-3)27(17-30(28)37-19-33)24-10-12-25(13-11-24)36-18-32;1-4(2)3-5;2*1-4(2)3;1-3-2/h4-19H,1H2,2-3H3;3H,1H2,2H3;2*1H2,2-3H3;3H,1H2,2H3. The number of ether oxygens (including phenoxy) is 4. The van der Waals surface area contributed by atoms with Gasteiger partial charge in [0.05, 0.1) is 7.11 Å². The molecular weight excluding hydrogens is 680 g/mol. The fraction of sp³-hybridized carbons (Fsp3) is 0.174. The monoisotopic (exact) mass is 732 g/mol. The van der Waals surface area contributed by atoms with Crippen LogP contribution in [0.1, 0.15) is 48.5 Å². The molecule has 0 fully saturated rings. The maximum atomic E-state index is 11.7. The van der Waals surface area contributed by atoms with Crippen LogP contribution < -0.4 is 18.9 Å². The van der Waals surface area contributed by atoms with Gasteiger partial charge in [0.1, 0.15) is 29.3 Å². The van der Waals surface area contributed by atoms with Crippen molar-refractivity contribution >= 4 is 25.2 Å². The number of aldehydes is 1. The molecule has 0 heterocycles. The molecule has 0 unspecified atom stereocenters. The maximum absolute atomic E-state index is 11.7. The molecule has 0 aromatic heterocycles. The molecule has 8 nitrogen and oxygen atoms in total. The van der Waals surface area contributed by atoms with E-state index in [1.54, 1.807) is 69.5 Å². The van der Waals surface area contributed by atoms with Crippen LogP contribution in [-0.2, 0) is 19.2 Å². The van der Waals surface area contributed by atoms with Crippen molar-refractivity contribution < 1.29 is 38.1 Å². The lowest BCUT2D eigenvalue weighted by Gasteiger charge is -2.15. The van der Waals surface area contributed by atoms with E-state index < -0.39 is 5.97 Å². The Kier molecular flexibility index (Phi) is 23.1. The summed E-state index contributed by atoms with van der Waals surface area (Å²) in [5.41, 5.74) is 8.10. The smallest absolute Gasteiger partial charge is 0.338 e. The molecule has 0 N–H and O–H groups in total. The second kappa shape index (κ2) is 26.3. The molecular formula is C46H52O8. The molecule has 0 bridgehead atoms. The van der Waals surface area contributed by atoms with Crippen LogP contribution in [0.3, 0.4) is 0 Å². The topological polar surface area (TPSA) is 105 Å². The van der Waals surface area contributed by atoms with Crippen molar-refractivity contribution in [1.82, 2.24) is 0 Å². The van der Waals surface area contributed by atoms with Gasteiger partial charge in [-0.3, -0.25) is 14.4 Å². The van der Waals surface area contributed by atoms with E-state index in [2.05, 4.69) is 32.9 Å². The first kappa shape index (κ1) is 47.5. The average molecular weight is 733 g/mol. The van der Waals surface area contributed by atoms with Gasteiger partial charge in [0.25, 0.3) is 12.9 Å². The number of allylic oxidation sites excluding steroid dienone is 4. The van der Waals surface area contributed by atoms with E-state index in [1.165, 1.54) is 11.1 Å². The van der Waals surface area contributed by atoms with E-state index in [9.17, 15) is 19.2 Å². The second-order valence-corrected chi connectivity index (χ2v) is 12.1. The number of hydrogen-bond donors (Lipinski definition) is 0. The maximum Gasteiger partial charge on any atom is 0.338 e.